The third-order valence-electron chi connectivity index (χ3n) is 12.4. The first-order chi connectivity index (χ1) is 30.2. The predicted octanol–water partition coefficient (Wildman–Crippen LogP) is 15.5. The topological polar surface area (TPSA) is 13.1 Å². The van der Waals surface area contributed by atoms with Crippen molar-refractivity contribution in [2.75, 3.05) is 4.90 Å². The number of aromatic nitrogens is 2. The Balaban J connectivity index is 1.14. The summed E-state index contributed by atoms with van der Waals surface area (Å²) in [6.07, 6.45) is 6.73. The number of rotatable bonds is 5. The zero-order valence-electron chi connectivity index (χ0n) is 33.4. The van der Waals surface area contributed by atoms with Gasteiger partial charge in [-0.25, -0.2) is 0 Å². The van der Waals surface area contributed by atoms with Crippen LogP contribution in [0.5, 0.6) is 0 Å². The van der Waals surface area contributed by atoms with Crippen LogP contribution in [0.25, 0.3) is 88.0 Å². The van der Waals surface area contributed by atoms with Gasteiger partial charge in [-0.05, 0) is 106 Å². The van der Waals surface area contributed by atoms with Crippen LogP contribution in [0.4, 0.5) is 11.4 Å². The molecule has 0 unspecified atom stereocenters. The molecule has 0 radical (unpaired) electrons. The van der Waals surface area contributed by atoms with Crippen LogP contribution < -0.4 is 4.90 Å². The molecule has 0 atom stereocenters. The van der Waals surface area contributed by atoms with E-state index in [0.717, 1.165) is 56.1 Å². The highest BCUT2D eigenvalue weighted by Gasteiger charge is 2.23. The molecule has 9 aromatic carbocycles. The third kappa shape index (κ3) is 5.59. The number of hydrogen-bond donors (Lipinski definition) is 0. The molecule has 0 aliphatic carbocycles. The molecule has 0 fully saturated rings. The van der Waals surface area contributed by atoms with Gasteiger partial charge in [-0.3, -0.25) is 0 Å². The summed E-state index contributed by atoms with van der Waals surface area (Å²) in [6, 6.07) is 74.6. The fourth-order valence-electron chi connectivity index (χ4n) is 9.63. The van der Waals surface area contributed by atoms with E-state index < -0.39 is 0 Å². The predicted molar refractivity (Wildman–Crippen MR) is 259 cm³/mol. The van der Waals surface area contributed by atoms with Crippen molar-refractivity contribution in [3.05, 3.63) is 242 Å². The highest BCUT2D eigenvalue weighted by Crippen LogP contribution is 2.44. The van der Waals surface area contributed by atoms with Gasteiger partial charge in [0.15, 0.2) is 0 Å². The van der Waals surface area contributed by atoms with Crippen molar-refractivity contribution in [1.82, 2.24) is 9.13 Å². The van der Waals surface area contributed by atoms with Gasteiger partial charge in [0, 0.05) is 50.1 Å². The van der Waals surface area contributed by atoms with Crippen LogP contribution in [0, 0.1) is 0 Å². The first-order valence-electron chi connectivity index (χ1n) is 20.9. The molecule has 11 aromatic rings. The zero-order valence-corrected chi connectivity index (χ0v) is 33.4. The van der Waals surface area contributed by atoms with Crippen molar-refractivity contribution in [3.63, 3.8) is 0 Å². The lowest BCUT2D eigenvalue weighted by atomic mass is 9.95. The van der Waals surface area contributed by atoms with Gasteiger partial charge >= 0.3 is 0 Å². The maximum absolute atomic E-state index is 4.68. The van der Waals surface area contributed by atoms with E-state index in [2.05, 4.69) is 245 Å². The van der Waals surface area contributed by atoms with Crippen molar-refractivity contribution in [2.45, 2.75) is 0 Å². The Kier molecular flexibility index (Phi) is 8.01. The average molecular weight is 778 g/mol. The normalized spacial score (nSPS) is 14.3. The molecule has 0 N–H and O–H groups in total. The van der Waals surface area contributed by atoms with Gasteiger partial charge in [0.2, 0.25) is 0 Å². The largest absolute Gasteiger partial charge is 0.316 e. The van der Waals surface area contributed by atoms with E-state index in [9.17, 15) is 0 Å². The standard InChI is InChI=1S/C58H39N3/c1-39-36-44(34-35-59(52-27-12-10-24-47(39)52)53-29-15-19-41-18-8-9-25-48(41)53)43-30-32-55-51(38-43)57-56(60(55)46-23-14-20-42(37-46)40-16-4-2-5-17-40)33-31-50-49-26-11-13-28-54(49)61(58(50)57)45-21-6-3-7-22-45/h2-38H,1H2/b35-34-,44-36+. The van der Waals surface area contributed by atoms with Gasteiger partial charge in [-0.1, -0.05) is 152 Å². The molecule has 286 valence electrons. The van der Waals surface area contributed by atoms with E-state index in [-0.39, 0.29) is 0 Å². The molecule has 0 amide bonds. The lowest BCUT2D eigenvalue weighted by molar-refractivity contribution is 1.17. The molecule has 0 bridgehead atoms. The quantitative estimate of drug-likeness (QED) is 0.170. The molecule has 3 nitrogen and oxygen atoms in total. The maximum atomic E-state index is 4.68. The number of nitrogens with zero attached hydrogens (tertiary/aromatic N) is 3. The molecule has 0 spiro atoms. The van der Waals surface area contributed by atoms with Crippen LogP contribution in [0.1, 0.15) is 11.1 Å². The van der Waals surface area contributed by atoms with Crippen LogP contribution in [0.3, 0.4) is 0 Å². The average Bonchev–Trinajstić information content (AvgIpc) is 3.84. The summed E-state index contributed by atoms with van der Waals surface area (Å²) in [5.74, 6) is 0. The Bertz CT molecular complexity index is 3600. The van der Waals surface area contributed by atoms with E-state index >= 15 is 0 Å². The monoisotopic (exact) mass is 777 g/mol. The summed E-state index contributed by atoms with van der Waals surface area (Å²) in [5.41, 5.74) is 15.8. The molecule has 1 aliphatic heterocycles. The maximum Gasteiger partial charge on any atom is 0.0641 e. The van der Waals surface area contributed by atoms with Crippen LogP contribution in [0.15, 0.2) is 231 Å². The minimum absolute atomic E-state index is 0.965. The van der Waals surface area contributed by atoms with Crippen LogP contribution >= 0.6 is 0 Å². The Hall–Kier alpha value is -8.14. The molecular formula is C58H39N3. The third-order valence-corrected chi connectivity index (χ3v) is 12.4. The molecular weight excluding hydrogens is 739 g/mol. The van der Waals surface area contributed by atoms with Crippen molar-refractivity contribution < 1.29 is 0 Å². The van der Waals surface area contributed by atoms with E-state index in [4.69, 9.17) is 0 Å². The summed E-state index contributed by atoms with van der Waals surface area (Å²) < 4.78 is 4.91. The summed E-state index contributed by atoms with van der Waals surface area (Å²) in [5, 5.41) is 7.28. The number of para-hydroxylation sites is 3. The second-order valence-corrected chi connectivity index (χ2v) is 15.9. The number of benzene rings is 9. The highest BCUT2D eigenvalue weighted by molar-refractivity contribution is 6.26. The Morgan fingerprint density at radius 1 is 0.393 bits per heavy atom. The van der Waals surface area contributed by atoms with E-state index in [1.54, 1.807) is 0 Å². The fraction of sp³-hybridized carbons (Fsp3) is 0. The smallest absolute Gasteiger partial charge is 0.0641 e. The number of allylic oxidation sites excluding steroid dienone is 4. The lowest BCUT2D eigenvalue weighted by Gasteiger charge is -2.27. The number of fused-ring (bicyclic) bond motifs is 9. The summed E-state index contributed by atoms with van der Waals surface area (Å²) >= 11 is 0. The first-order valence-corrected chi connectivity index (χ1v) is 20.9. The first kappa shape index (κ1) is 34.9. The van der Waals surface area contributed by atoms with Crippen LogP contribution in [0.2, 0.25) is 0 Å². The lowest BCUT2D eigenvalue weighted by Crippen LogP contribution is -2.12. The highest BCUT2D eigenvalue weighted by atomic mass is 15.1. The fourth-order valence-corrected chi connectivity index (χ4v) is 9.63. The number of anilines is 2. The van der Waals surface area contributed by atoms with Gasteiger partial charge in [0.25, 0.3) is 0 Å². The summed E-state index contributed by atoms with van der Waals surface area (Å²) in [6.45, 7) is 4.68. The van der Waals surface area contributed by atoms with Gasteiger partial charge in [-0.15, -0.1) is 0 Å². The van der Waals surface area contributed by atoms with Crippen molar-refractivity contribution >= 4 is 76.9 Å². The Morgan fingerprint density at radius 2 is 1.05 bits per heavy atom. The zero-order chi connectivity index (χ0) is 40.4. The molecule has 3 heteroatoms. The molecule has 2 aromatic heterocycles. The van der Waals surface area contributed by atoms with E-state index in [1.807, 2.05) is 0 Å². The Morgan fingerprint density at radius 3 is 1.93 bits per heavy atom. The van der Waals surface area contributed by atoms with Crippen molar-refractivity contribution in [3.8, 4) is 22.5 Å². The van der Waals surface area contributed by atoms with Crippen LogP contribution in [-0.2, 0) is 0 Å². The summed E-state index contributed by atoms with van der Waals surface area (Å²) in [7, 11) is 0. The van der Waals surface area contributed by atoms with Gasteiger partial charge < -0.3 is 14.0 Å². The SMILES string of the molecule is C=C1/C=C(c2ccc3c(c2)c2c(ccc4c5ccccc5n(-c5ccccc5)c42)n3-c2cccc(-c3ccccc3)c2)\C=C/N(c2cccc3ccccc23)c2ccccc21. The minimum atomic E-state index is 0.965. The second-order valence-electron chi connectivity index (χ2n) is 15.9. The molecule has 12 rings (SSSR count). The second kappa shape index (κ2) is 14.0. The Labute approximate surface area is 354 Å². The van der Waals surface area contributed by atoms with Crippen LogP contribution in [-0.4, -0.2) is 9.13 Å². The van der Waals surface area contributed by atoms with Crippen molar-refractivity contribution in [1.29, 1.82) is 0 Å². The van der Waals surface area contributed by atoms with Gasteiger partial charge in [0.05, 0.1) is 33.4 Å². The molecule has 61 heavy (non-hydrogen) atoms. The van der Waals surface area contributed by atoms with Crippen molar-refractivity contribution in [2.24, 2.45) is 0 Å². The molecule has 0 saturated carbocycles. The number of hydrogen-bond acceptors (Lipinski definition) is 1. The van der Waals surface area contributed by atoms with Gasteiger partial charge in [0.1, 0.15) is 0 Å². The molecule has 3 heterocycles. The molecule has 0 saturated heterocycles. The van der Waals surface area contributed by atoms with E-state index in [0.29, 0.717) is 0 Å². The van der Waals surface area contributed by atoms with E-state index in [1.165, 1.54) is 54.5 Å². The minimum Gasteiger partial charge on any atom is -0.316 e. The summed E-state index contributed by atoms with van der Waals surface area (Å²) in [4.78, 5) is 2.32. The van der Waals surface area contributed by atoms with Gasteiger partial charge in [-0.2, -0.15) is 0 Å². The molecule has 1 aliphatic rings.